The summed E-state index contributed by atoms with van der Waals surface area (Å²) in [6.45, 7) is 7.05. The first-order chi connectivity index (χ1) is 15.5. The number of nitrogens with zero attached hydrogens (tertiary/aromatic N) is 4. The molecule has 0 aliphatic carbocycles. The maximum atomic E-state index is 12.5. The number of amides is 2. The van der Waals surface area contributed by atoms with Crippen LogP contribution in [0.3, 0.4) is 0 Å². The molecular weight excluding hydrogens is 406 g/mol. The number of nitrogens with one attached hydrogen (secondary N) is 1. The number of benzene rings is 2. The number of rotatable bonds is 6. The van der Waals surface area contributed by atoms with Gasteiger partial charge in [0.05, 0.1) is 13.1 Å². The summed E-state index contributed by atoms with van der Waals surface area (Å²) in [7, 11) is 0. The molecule has 2 amide bonds. The molecule has 0 spiro atoms. The monoisotopic (exact) mass is 433 g/mol. The Morgan fingerprint density at radius 1 is 0.969 bits per heavy atom. The van der Waals surface area contributed by atoms with Gasteiger partial charge in [-0.05, 0) is 31.0 Å². The minimum Gasteiger partial charge on any atom is -0.343 e. The van der Waals surface area contributed by atoms with Crippen LogP contribution in [0.2, 0.25) is 0 Å². The van der Waals surface area contributed by atoms with Crippen LogP contribution in [0.4, 0.5) is 0 Å². The molecular formula is C24H27N5O3. The molecule has 0 radical (unpaired) electrons. The molecule has 1 fully saturated rings. The maximum Gasteiger partial charge on any atom is 0.251 e. The number of aromatic nitrogens is 2. The third-order valence-electron chi connectivity index (χ3n) is 5.73. The van der Waals surface area contributed by atoms with Crippen molar-refractivity contribution in [3.63, 3.8) is 0 Å². The molecule has 166 valence electrons. The van der Waals surface area contributed by atoms with Crippen molar-refractivity contribution in [2.75, 3.05) is 32.7 Å². The topological polar surface area (TPSA) is 91.6 Å². The maximum absolute atomic E-state index is 12.5. The van der Waals surface area contributed by atoms with E-state index in [0.717, 1.165) is 16.7 Å². The highest BCUT2D eigenvalue weighted by molar-refractivity contribution is 5.97. The van der Waals surface area contributed by atoms with Crippen molar-refractivity contribution in [1.82, 2.24) is 25.3 Å². The lowest BCUT2D eigenvalue weighted by molar-refractivity contribution is -0.131. The Morgan fingerprint density at radius 2 is 1.66 bits per heavy atom. The fraction of sp³-hybridized carbons (Fsp3) is 0.333. The minimum atomic E-state index is -0.226. The molecule has 2 heterocycles. The molecule has 3 aromatic rings. The summed E-state index contributed by atoms with van der Waals surface area (Å²) in [5.41, 5.74) is 3.54. The van der Waals surface area contributed by atoms with Crippen LogP contribution >= 0.6 is 0 Å². The molecule has 1 aromatic heterocycles. The van der Waals surface area contributed by atoms with Crippen LogP contribution in [0.25, 0.3) is 11.4 Å². The molecule has 1 N–H and O–H groups in total. The Kier molecular flexibility index (Phi) is 6.61. The fourth-order valence-electron chi connectivity index (χ4n) is 3.79. The molecule has 8 nitrogen and oxygen atoms in total. The van der Waals surface area contributed by atoms with E-state index in [4.69, 9.17) is 4.52 Å². The molecule has 0 bridgehead atoms. The van der Waals surface area contributed by atoms with Gasteiger partial charge < -0.3 is 14.7 Å². The fourth-order valence-corrected chi connectivity index (χ4v) is 3.79. The lowest BCUT2D eigenvalue weighted by Gasteiger charge is -2.34. The smallest absolute Gasteiger partial charge is 0.251 e. The van der Waals surface area contributed by atoms with E-state index in [-0.39, 0.29) is 18.4 Å². The highest BCUT2D eigenvalue weighted by atomic mass is 16.5. The van der Waals surface area contributed by atoms with Crippen molar-refractivity contribution in [1.29, 1.82) is 0 Å². The van der Waals surface area contributed by atoms with Gasteiger partial charge in [-0.15, -0.1) is 0 Å². The second kappa shape index (κ2) is 9.74. The van der Waals surface area contributed by atoms with Crippen LogP contribution in [0, 0.1) is 13.8 Å². The number of piperazine rings is 1. The van der Waals surface area contributed by atoms with Gasteiger partial charge in [0.25, 0.3) is 5.91 Å². The summed E-state index contributed by atoms with van der Waals surface area (Å²) in [5.74, 6) is 0.854. The van der Waals surface area contributed by atoms with Crippen LogP contribution in [-0.2, 0) is 11.3 Å². The Hall–Kier alpha value is -3.52. The molecule has 1 aliphatic heterocycles. The molecule has 0 saturated carbocycles. The second-order valence-corrected chi connectivity index (χ2v) is 7.98. The van der Waals surface area contributed by atoms with E-state index in [0.29, 0.717) is 50.0 Å². The molecule has 2 aromatic carbocycles. The largest absolute Gasteiger partial charge is 0.343 e. The molecule has 0 atom stereocenters. The van der Waals surface area contributed by atoms with E-state index in [2.05, 4.69) is 20.4 Å². The summed E-state index contributed by atoms with van der Waals surface area (Å²) in [6.07, 6.45) is 0. The zero-order valence-electron chi connectivity index (χ0n) is 18.4. The summed E-state index contributed by atoms with van der Waals surface area (Å²) >= 11 is 0. The van der Waals surface area contributed by atoms with E-state index in [9.17, 15) is 9.59 Å². The second-order valence-electron chi connectivity index (χ2n) is 7.98. The number of hydrogen-bond donors (Lipinski definition) is 1. The number of aryl methyl sites for hydroxylation is 2. The van der Waals surface area contributed by atoms with Gasteiger partial charge in [0.15, 0.2) is 0 Å². The SMILES string of the molecule is Cc1ccccc1C(=O)NCC(=O)N1CCN(Cc2nc(-c3ccccc3C)no2)CC1. The third-order valence-corrected chi connectivity index (χ3v) is 5.73. The van der Waals surface area contributed by atoms with Crippen molar-refractivity contribution < 1.29 is 14.1 Å². The van der Waals surface area contributed by atoms with E-state index in [1.54, 1.807) is 11.0 Å². The van der Waals surface area contributed by atoms with E-state index >= 15 is 0 Å². The van der Waals surface area contributed by atoms with Crippen LogP contribution in [0.1, 0.15) is 27.4 Å². The molecule has 0 unspecified atom stereocenters. The van der Waals surface area contributed by atoms with Crippen LogP contribution in [0.5, 0.6) is 0 Å². The van der Waals surface area contributed by atoms with Crippen LogP contribution in [0.15, 0.2) is 53.1 Å². The van der Waals surface area contributed by atoms with E-state index in [1.807, 2.05) is 56.3 Å². The Bertz CT molecular complexity index is 1100. The standard InChI is InChI=1S/C24H27N5O3/c1-17-7-3-5-9-19(17)23-26-21(32-27-23)16-28-11-13-29(14-12-28)22(30)15-25-24(31)20-10-6-4-8-18(20)2/h3-10H,11-16H2,1-2H3,(H,25,31). The Balaban J connectivity index is 1.25. The summed E-state index contributed by atoms with van der Waals surface area (Å²) in [4.78, 5) is 33.3. The summed E-state index contributed by atoms with van der Waals surface area (Å²) in [5, 5.41) is 6.84. The lowest BCUT2D eigenvalue weighted by atomic mass is 10.1. The highest BCUT2D eigenvalue weighted by Crippen LogP contribution is 2.20. The molecule has 4 rings (SSSR count). The van der Waals surface area contributed by atoms with Crippen molar-refractivity contribution >= 4 is 11.8 Å². The quantitative estimate of drug-likeness (QED) is 0.642. The van der Waals surface area contributed by atoms with E-state index < -0.39 is 0 Å². The summed E-state index contributed by atoms with van der Waals surface area (Å²) in [6, 6.07) is 15.3. The molecule has 8 heteroatoms. The van der Waals surface area contributed by atoms with Crippen molar-refractivity contribution in [2.45, 2.75) is 20.4 Å². The highest BCUT2D eigenvalue weighted by Gasteiger charge is 2.23. The minimum absolute atomic E-state index is 0.00336. The van der Waals surface area contributed by atoms with Gasteiger partial charge in [-0.25, -0.2) is 0 Å². The zero-order valence-corrected chi connectivity index (χ0v) is 18.4. The third kappa shape index (κ3) is 5.03. The van der Waals surface area contributed by atoms with Gasteiger partial charge in [-0.2, -0.15) is 4.98 Å². The zero-order chi connectivity index (χ0) is 22.5. The van der Waals surface area contributed by atoms with Gasteiger partial charge >= 0.3 is 0 Å². The average molecular weight is 434 g/mol. The van der Waals surface area contributed by atoms with Crippen LogP contribution in [-0.4, -0.2) is 64.5 Å². The summed E-state index contributed by atoms with van der Waals surface area (Å²) < 4.78 is 5.44. The first kappa shape index (κ1) is 21.7. The first-order valence-corrected chi connectivity index (χ1v) is 10.7. The molecule has 32 heavy (non-hydrogen) atoms. The van der Waals surface area contributed by atoms with Crippen molar-refractivity contribution in [3.8, 4) is 11.4 Å². The Morgan fingerprint density at radius 3 is 2.38 bits per heavy atom. The van der Waals surface area contributed by atoms with Crippen molar-refractivity contribution in [2.24, 2.45) is 0 Å². The number of carbonyl (C=O) groups is 2. The Labute approximate surface area is 187 Å². The lowest BCUT2D eigenvalue weighted by Crippen LogP contribution is -2.50. The van der Waals surface area contributed by atoms with Gasteiger partial charge in [0, 0.05) is 37.3 Å². The predicted molar refractivity (Wildman–Crippen MR) is 120 cm³/mol. The normalized spacial score (nSPS) is 14.4. The van der Waals surface area contributed by atoms with Gasteiger partial charge in [-0.1, -0.05) is 47.6 Å². The van der Waals surface area contributed by atoms with Gasteiger partial charge in [-0.3, -0.25) is 14.5 Å². The molecule has 1 aliphatic rings. The predicted octanol–water partition coefficient (Wildman–Crippen LogP) is 2.43. The van der Waals surface area contributed by atoms with Crippen LogP contribution < -0.4 is 5.32 Å². The van der Waals surface area contributed by atoms with Crippen molar-refractivity contribution in [3.05, 3.63) is 71.1 Å². The molecule has 1 saturated heterocycles. The average Bonchev–Trinajstić information content (AvgIpc) is 3.26. The van der Waals surface area contributed by atoms with E-state index in [1.165, 1.54) is 0 Å². The number of hydrogen-bond acceptors (Lipinski definition) is 6. The first-order valence-electron chi connectivity index (χ1n) is 10.7. The number of carbonyl (C=O) groups excluding carboxylic acids is 2. The van der Waals surface area contributed by atoms with Gasteiger partial charge in [0.2, 0.25) is 17.6 Å². The van der Waals surface area contributed by atoms with Gasteiger partial charge in [0.1, 0.15) is 0 Å².